The van der Waals surface area contributed by atoms with Crippen LogP contribution in [0.2, 0.25) is 0 Å². The second-order valence-electron chi connectivity index (χ2n) is 5.69. The van der Waals surface area contributed by atoms with E-state index >= 15 is 0 Å². The lowest BCUT2D eigenvalue weighted by molar-refractivity contribution is -0.113. The third-order valence-corrected chi connectivity index (χ3v) is 6.51. The van der Waals surface area contributed by atoms with Gasteiger partial charge < -0.3 is 10.6 Å². The van der Waals surface area contributed by atoms with Crippen molar-refractivity contribution in [1.82, 2.24) is 4.72 Å². The minimum atomic E-state index is -3.62. The van der Waals surface area contributed by atoms with Crippen molar-refractivity contribution in [1.29, 1.82) is 0 Å². The fourth-order valence-electron chi connectivity index (χ4n) is 2.50. The van der Waals surface area contributed by atoms with Crippen molar-refractivity contribution >= 4 is 45.0 Å². The molecule has 0 radical (unpaired) electrons. The van der Waals surface area contributed by atoms with Crippen molar-refractivity contribution in [2.45, 2.75) is 16.7 Å². The first-order valence-corrected chi connectivity index (χ1v) is 10.2. The second kappa shape index (κ2) is 7.10. The summed E-state index contributed by atoms with van der Waals surface area (Å²) in [5.41, 5.74) is 1.91. The Morgan fingerprint density at radius 3 is 2.69 bits per heavy atom. The fourth-order valence-corrected chi connectivity index (χ4v) is 4.29. The lowest BCUT2D eigenvalue weighted by Crippen LogP contribution is -2.21. The normalized spacial score (nSPS) is 13.7. The maximum absolute atomic E-state index is 12.5. The number of benzene rings is 2. The number of aryl methyl sites for hydroxylation is 1. The number of amides is 2. The number of nitrogens with one attached hydrogen (secondary N) is 3. The Labute approximate surface area is 155 Å². The molecule has 0 spiro atoms. The van der Waals surface area contributed by atoms with Crippen LogP contribution in [0.15, 0.2) is 46.2 Å². The Balaban J connectivity index is 1.86. The molecule has 0 fully saturated rings. The molecule has 0 bridgehead atoms. The molecular weight excluding hydrogens is 374 g/mol. The Morgan fingerprint density at radius 2 is 1.96 bits per heavy atom. The first-order chi connectivity index (χ1) is 12.3. The van der Waals surface area contributed by atoms with Crippen LogP contribution < -0.4 is 15.4 Å². The maximum atomic E-state index is 12.5. The molecule has 0 aromatic heterocycles. The van der Waals surface area contributed by atoms with Gasteiger partial charge in [-0.3, -0.25) is 9.59 Å². The van der Waals surface area contributed by atoms with Crippen molar-refractivity contribution in [3.05, 3.63) is 47.5 Å². The number of hydrogen-bond donors (Lipinski definition) is 3. The molecule has 1 heterocycles. The Kier molecular flexibility index (Phi) is 5.03. The van der Waals surface area contributed by atoms with E-state index in [1.807, 2.05) is 0 Å². The molecule has 136 valence electrons. The monoisotopic (exact) mass is 391 g/mol. The van der Waals surface area contributed by atoms with Crippen LogP contribution in [0, 0.1) is 6.92 Å². The van der Waals surface area contributed by atoms with Crippen LogP contribution in [-0.4, -0.2) is 33.0 Å². The zero-order chi connectivity index (χ0) is 18.9. The average Bonchev–Trinajstić information content (AvgIpc) is 2.62. The SMILES string of the molecule is CNS(=O)(=O)c1cc(NC(=O)c2ccc3c(c2)NC(=O)CS3)ccc1C. The number of hydrogen-bond acceptors (Lipinski definition) is 5. The lowest BCUT2D eigenvalue weighted by atomic mass is 10.1. The van der Waals surface area contributed by atoms with Gasteiger partial charge >= 0.3 is 0 Å². The van der Waals surface area contributed by atoms with Gasteiger partial charge in [-0.1, -0.05) is 6.07 Å². The zero-order valence-electron chi connectivity index (χ0n) is 14.1. The minimum Gasteiger partial charge on any atom is -0.324 e. The van der Waals surface area contributed by atoms with E-state index in [2.05, 4.69) is 15.4 Å². The maximum Gasteiger partial charge on any atom is 0.255 e. The highest BCUT2D eigenvalue weighted by Gasteiger charge is 2.19. The Bertz CT molecular complexity index is 1000. The molecule has 0 saturated carbocycles. The molecule has 3 N–H and O–H groups in total. The highest BCUT2D eigenvalue weighted by Crippen LogP contribution is 2.32. The number of rotatable bonds is 4. The van der Waals surface area contributed by atoms with Crippen molar-refractivity contribution in [3.63, 3.8) is 0 Å². The van der Waals surface area contributed by atoms with E-state index in [0.717, 1.165) is 4.90 Å². The third-order valence-electron chi connectivity index (χ3n) is 3.88. The molecule has 1 aliphatic heterocycles. The molecule has 1 aliphatic rings. The number of carbonyl (C=O) groups is 2. The Morgan fingerprint density at radius 1 is 1.19 bits per heavy atom. The van der Waals surface area contributed by atoms with Gasteiger partial charge in [0.25, 0.3) is 5.91 Å². The van der Waals surface area contributed by atoms with Crippen molar-refractivity contribution in [3.8, 4) is 0 Å². The van der Waals surface area contributed by atoms with Crippen molar-refractivity contribution in [2.24, 2.45) is 0 Å². The second-order valence-corrected chi connectivity index (χ2v) is 8.56. The number of anilines is 2. The molecule has 3 rings (SSSR count). The van der Waals surface area contributed by atoms with Gasteiger partial charge in [-0.15, -0.1) is 11.8 Å². The summed E-state index contributed by atoms with van der Waals surface area (Å²) in [5, 5.41) is 5.43. The van der Waals surface area contributed by atoms with Crippen LogP contribution in [0.5, 0.6) is 0 Å². The summed E-state index contributed by atoms with van der Waals surface area (Å²) in [7, 11) is -2.29. The van der Waals surface area contributed by atoms with E-state index in [0.29, 0.717) is 28.3 Å². The standard InChI is InChI=1S/C17H17N3O4S2/c1-10-3-5-12(8-15(10)26(23,24)18-2)19-17(22)11-4-6-14-13(7-11)20-16(21)9-25-14/h3-8,18H,9H2,1-2H3,(H,19,22)(H,20,21). The summed E-state index contributed by atoms with van der Waals surface area (Å²) < 4.78 is 26.4. The van der Waals surface area contributed by atoms with Crippen molar-refractivity contribution < 1.29 is 18.0 Å². The number of sulfonamides is 1. The summed E-state index contributed by atoms with van der Waals surface area (Å²) in [5.74, 6) is -0.153. The summed E-state index contributed by atoms with van der Waals surface area (Å²) >= 11 is 1.41. The van der Waals surface area contributed by atoms with E-state index in [9.17, 15) is 18.0 Å². The molecule has 0 atom stereocenters. The third kappa shape index (κ3) is 3.74. The molecule has 0 saturated heterocycles. The molecule has 7 nitrogen and oxygen atoms in total. The molecule has 0 aliphatic carbocycles. The Hall–Kier alpha value is -2.36. The van der Waals surface area contributed by atoms with E-state index in [-0.39, 0.29) is 10.8 Å². The number of fused-ring (bicyclic) bond motifs is 1. The highest BCUT2D eigenvalue weighted by molar-refractivity contribution is 8.00. The van der Waals surface area contributed by atoms with Crippen LogP contribution in [0.1, 0.15) is 15.9 Å². The molecule has 2 amide bonds. The minimum absolute atomic E-state index is 0.104. The first kappa shape index (κ1) is 18.4. The molecule has 2 aromatic carbocycles. The van der Waals surface area contributed by atoms with Crippen LogP contribution in [-0.2, 0) is 14.8 Å². The van der Waals surface area contributed by atoms with Crippen LogP contribution in [0.3, 0.4) is 0 Å². The molecule has 0 unspecified atom stereocenters. The smallest absolute Gasteiger partial charge is 0.255 e. The predicted octanol–water partition coefficient (Wildman–Crippen LogP) is 2.20. The largest absolute Gasteiger partial charge is 0.324 e. The van der Waals surface area contributed by atoms with E-state index in [4.69, 9.17) is 0 Å². The highest BCUT2D eigenvalue weighted by atomic mass is 32.2. The van der Waals surface area contributed by atoms with Gasteiger partial charge in [-0.05, 0) is 49.9 Å². The summed E-state index contributed by atoms with van der Waals surface area (Å²) in [6.07, 6.45) is 0. The first-order valence-electron chi connectivity index (χ1n) is 7.72. The topological polar surface area (TPSA) is 104 Å². The van der Waals surface area contributed by atoms with E-state index < -0.39 is 15.9 Å². The molecular formula is C17H17N3O4S2. The van der Waals surface area contributed by atoms with Gasteiger partial charge in [-0.25, -0.2) is 13.1 Å². The van der Waals surface area contributed by atoms with Crippen molar-refractivity contribution in [2.75, 3.05) is 23.4 Å². The quantitative estimate of drug-likeness (QED) is 0.741. The summed E-state index contributed by atoms with van der Waals surface area (Å²) in [6.45, 7) is 1.68. The molecule has 2 aromatic rings. The van der Waals surface area contributed by atoms with Crippen LogP contribution in [0.25, 0.3) is 0 Å². The molecule has 9 heteroatoms. The van der Waals surface area contributed by atoms with Gasteiger partial charge in [0.2, 0.25) is 15.9 Å². The van der Waals surface area contributed by atoms with E-state index in [1.165, 1.54) is 24.9 Å². The zero-order valence-corrected chi connectivity index (χ0v) is 15.8. The van der Waals surface area contributed by atoms with Crippen LogP contribution >= 0.6 is 11.8 Å². The predicted molar refractivity (Wildman–Crippen MR) is 101 cm³/mol. The average molecular weight is 391 g/mol. The van der Waals surface area contributed by atoms with Gasteiger partial charge in [-0.2, -0.15) is 0 Å². The fraction of sp³-hybridized carbons (Fsp3) is 0.176. The molecule has 26 heavy (non-hydrogen) atoms. The summed E-state index contributed by atoms with van der Waals surface area (Å²) in [4.78, 5) is 25.0. The van der Waals surface area contributed by atoms with Crippen LogP contribution in [0.4, 0.5) is 11.4 Å². The van der Waals surface area contributed by atoms with Gasteiger partial charge in [0.05, 0.1) is 16.3 Å². The van der Waals surface area contributed by atoms with Gasteiger partial charge in [0, 0.05) is 16.1 Å². The van der Waals surface area contributed by atoms with E-state index in [1.54, 1.807) is 37.3 Å². The lowest BCUT2D eigenvalue weighted by Gasteiger charge is -2.17. The number of carbonyl (C=O) groups excluding carboxylic acids is 2. The van der Waals surface area contributed by atoms with Gasteiger partial charge in [0.15, 0.2) is 0 Å². The summed E-state index contributed by atoms with van der Waals surface area (Å²) in [6, 6.07) is 9.73. The van der Waals surface area contributed by atoms with Gasteiger partial charge in [0.1, 0.15) is 0 Å². The number of thioether (sulfide) groups is 1.